The van der Waals surface area contributed by atoms with Crippen LogP contribution in [0.2, 0.25) is 0 Å². The van der Waals surface area contributed by atoms with E-state index in [9.17, 15) is 9.59 Å². The molecule has 0 aliphatic rings. The summed E-state index contributed by atoms with van der Waals surface area (Å²) in [6.45, 7) is 4.66. The van der Waals surface area contributed by atoms with E-state index in [1.165, 1.54) is 0 Å². The van der Waals surface area contributed by atoms with Crippen molar-refractivity contribution in [3.8, 4) is 0 Å². The molecule has 0 heterocycles. The number of Topliss-reactive ketones (excluding diaryl/α,β-unsaturated/α-hetero) is 1. The lowest BCUT2D eigenvalue weighted by molar-refractivity contribution is -0.413. The average Bonchev–Trinajstić information content (AvgIpc) is 2.26. The van der Waals surface area contributed by atoms with Crippen LogP contribution in [0.1, 0.15) is 47.0 Å². The van der Waals surface area contributed by atoms with Crippen molar-refractivity contribution in [1.29, 1.82) is 0 Å². The quantitative estimate of drug-likeness (QED) is 0.507. The topological polar surface area (TPSA) is 110 Å². The first-order valence-electron chi connectivity index (χ1n) is 6.28. The highest BCUT2D eigenvalue weighted by Gasteiger charge is 2.27. The number of carbonyl (C=O) groups excluding carboxylic acids is 1. The van der Waals surface area contributed by atoms with Gasteiger partial charge in [0, 0.05) is 12.3 Å². The second-order valence-electron chi connectivity index (χ2n) is 4.91. The van der Waals surface area contributed by atoms with Gasteiger partial charge in [0.2, 0.25) is 0 Å². The Balaban J connectivity index is 0. The lowest BCUT2D eigenvalue weighted by Gasteiger charge is -2.15. The van der Waals surface area contributed by atoms with E-state index in [1.54, 1.807) is 0 Å². The van der Waals surface area contributed by atoms with Crippen LogP contribution in [-0.4, -0.2) is 29.4 Å². The van der Waals surface area contributed by atoms with Gasteiger partial charge >= 0.3 is 5.97 Å². The SMILES string of the molecule is C.CC(C)C([NH3+])C(=O)CC(CCCC[NH3+])C(=O)O. The Morgan fingerprint density at radius 2 is 1.78 bits per heavy atom. The first-order chi connectivity index (χ1) is 7.90. The largest absolute Gasteiger partial charge is 0.481 e. The zero-order valence-electron chi connectivity index (χ0n) is 10.9. The van der Waals surface area contributed by atoms with Gasteiger partial charge in [-0.05, 0) is 19.3 Å². The number of ketones is 1. The van der Waals surface area contributed by atoms with Gasteiger partial charge in [0.15, 0.2) is 5.78 Å². The molecule has 0 aromatic carbocycles. The second kappa shape index (κ2) is 10.0. The molecule has 0 bridgehead atoms. The van der Waals surface area contributed by atoms with Crippen molar-refractivity contribution in [2.75, 3.05) is 6.54 Å². The number of carboxylic acids is 1. The van der Waals surface area contributed by atoms with E-state index in [0.717, 1.165) is 19.4 Å². The lowest BCUT2D eigenvalue weighted by Crippen LogP contribution is -2.67. The molecule has 0 amide bonds. The molecule has 0 aromatic heterocycles. The Morgan fingerprint density at radius 3 is 2.17 bits per heavy atom. The molecule has 0 fully saturated rings. The molecule has 0 aromatic rings. The molecule has 0 radical (unpaired) electrons. The van der Waals surface area contributed by atoms with Gasteiger partial charge in [0.05, 0.1) is 12.5 Å². The molecule has 0 aliphatic carbocycles. The monoisotopic (exact) mass is 262 g/mol. The molecule has 0 aliphatic heterocycles. The van der Waals surface area contributed by atoms with Gasteiger partial charge in [-0.3, -0.25) is 9.59 Å². The summed E-state index contributed by atoms with van der Waals surface area (Å²) < 4.78 is 0. The lowest BCUT2D eigenvalue weighted by atomic mass is 9.90. The average molecular weight is 262 g/mol. The number of carbonyl (C=O) groups is 2. The number of carboxylic acid groups (broad SMARTS) is 1. The fraction of sp³-hybridized carbons (Fsp3) is 0.846. The predicted octanol–water partition coefficient (Wildman–Crippen LogP) is -0.0388. The molecule has 0 saturated carbocycles. The fourth-order valence-electron chi connectivity index (χ4n) is 1.65. The van der Waals surface area contributed by atoms with Crippen LogP contribution in [0.15, 0.2) is 0 Å². The maximum atomic E-state index is 11.8. The first-order valence-corrected chi connectivity index (χ1v) is 6.28. The van der Waals surface area contributed by atoms with Gasteiger partial charge < -0.3 is 16.6 Å². The molecule has 0 spiro atoms. The molecule has 108 valence electrons. The molecule has 0 saturated heterocycles. The van der Waals surface area contributed by atoms with Crippen LogP contribution < -0.4 is 11.5 Å². The number of unbranched alkanes of at least 4 members (excludes halogenated alkanes) is 1. The van der Waals surface area contributed by atoms with E-state index in [-0.39, 0.29) is 31.6 Å². The minimum atomic E-state index is -0.877. The Hall–Kier alpha value is -0.940. The molecule has 18 heavy (non-hydrogen) atoms. The number of quaternary nitrogens is 2. The molecular weight excluding hydrogens is 232 g/mol. The zero-order chi connectivity index (χ0) is 13.4. The van der Waals surface area contributed by atoms with Crippen LogP contribution in [0.25, 0.3) is 0 Å². The van der Waals surface area contributed by atoms with Crippen LogP contribution in [0, 0.1) is 11.8 Å². The van der Waals surface area contributed by atoms with E-state index in [1.807, 2.05) is 13.8 Å². The van der Waals surface area contributed by atoms with E-state index in [2.05, 4.69) is 11.5 Å². The summed E-state index contributed by atoms with van der Waals surface area (Å²) in [7, 11) is 0. The summed E-state index contributed by atoms with van der Waals surface area (Å²) in [4.78, 5) is 22.8. The van der Waals surface area contributed by atoms with Crippen molar-refractivity contribution in [3.05, 3.63) is 0 Å². The summed E-state index contributed by atoms with van der Waals surface area (Å²) in [6, 6.07) is -0.301. The number of hydrogen-bond donors (Lipinski definition) is 3. The predicted molar refractivity (Wildman–Crippen MR) is 70.6 cm³/mol. The maximum absolute atomic E-state index is 11.8. The molecule has 5 heteroatoms. The first kappa shape index (κ1) is 19.4. The summed E-state index contributed by atoms with van der Waals surface area (Å²) in [5.74, 6) is -1.31. The number of rotatable bonds is 9. The van der Waals surface area contributed by atoms with Crippen molar-refractivity contribution in [1.82, 2.24) is 0 Å². The van der Waals surface area contributed by atoms with Crippen molar-refractivity contribution < 1.29 is 26.2 Å². The molecule has 0 rings (SSSR count). The van der Waals surface area contributed by atoms with Gasteiger partial charge in [-0.1, -0.05) is 21.3 Å². The minimum absolute atomic E-state index is 0. The Kier molecular flexibility index (Phi) is 10.8. The third kappa shape index (κ3) is 7.40. The Labute approximate surface area is 110 Å². The highest BCUT2D eigenvalue weighted by atomic mass is 16.4. The molecule has 2 unspecified atom stereocenters. The normalized spacial score (nSPS) is 13.8. The second-order valence-corrected chi connectivity index (χ2v) is 4.91. The molecular formula is C13H30N2O3+2. The molecule has 7 N–H and O–H groups in total. The third-order valence-corrected chi connectivity index (χ3v) is 3.07. The maximum Gasteiger partial charge on any atom is 0.306 e. The minimum Gasteiger partial charge on any atom is -0.481 e. The van der Waals surface area contributed by atoms with Crippen molar-refractivity contribution in [2.45, 2.75) is 53.0 Å². The van der Waals surface area contributed by atoms with Gasteiger partial charge in [0.1, 0.15) is 6.04 Å². The van der Waals surface area contributed by atoms with E-state index in [4.69, 9.17) is 5.11 Å². The smallest absolute Gasteiger partial charge is 0.306 e. The highest BCUT2D eigenvalue weighted by molar-refractivity contribution is 5.86. The molecule has 2 atom stereocenters. The van der Waals surface area contributed by atoms with E-state index < -0.39 is 11.9 Å². The van der Waals surface area contributed by atoms with Crippen molar-refractivity contribution in [2.24, 2.45) is 11.8 Å². The third-order valence-electron chi connectivity index (χ3n) is 3.07. The summed E-state index contributed by atoms with van der Waals surface area (Å²) in [5.41, 5.74) is 7.51. The Bertz CT molecular complexity index is 255. The van der Waals surface area contributed by atoms with E-state index >= 15 is 0 Å². The van der Waals surface area contributed by atoms with Crippen LogP contribution in [-0.2, 0) is 9.59 Å². The van der Waals surface area contributed by atoms with E-state index in [0.29, 0.717) is 6.42 Å². The molecule has 5 nitrogen and oxygen atoms in total. The van der Waals surface area contributed by atoms with Crippen LogP contribution >= 0.6 is 0 Å². The van der Waals surface area contributed by atoms with Crippen molar-refractivity contribution >= 4 is 11.8 Å². The summed E-state index contributed by atoms with van der Waals surface area (Å²) >= 11 is 0. The van der Waals surface area contributed by atoms with Crippen molar-refractivity contribution in [3.63, 3.8) is 0 Å². The Morgan fingerprint density at radius 1 is 1.22 bits per heavy atom. The highest BCUT2D eigenvalue weighted by Crippen LogP contribution is 2.15. The van der Waals surface area contributed by atoms with Gasteiger partial charge in [0.25, 0.3) is 0 Å². The van der Waals surface area contributed by atoms with Crippen LogP contribution in [0.4, 0.5) is 0 Å². The summed E-state index contributed by atoms with van der Waals surface area (Å²) in [6.07, 6.45) is 2.40. The number of aliphatic carboxylic acids is 1. The van der Waals surface area contributed by atoms with Gasteiger partial charge in [-0.15, -0.1) is 0 Å². The van der Waals surface area contributed by atoms with Crippen LogP contribution in [0.5, 0.6) is 0 Å². The van der Waals surface area contributed by atoms with Gasteiger partial charge in [-0.2, -0.15) is 0 Å². The number of hydrogen-bond acceptors (Lipinski definition) is 2. The zero-order valence-corrected chi connectivity index (χ0v) is 10.9. The van der Waals surface area contributed by atoms with Crippen LogP contribution in [0.3, 0.4) is 0 Å². The summed E-state index contributed by atoms with van der Waals surface area (Å²) in [5, 5.41) is 9.05. The fourth-order valence-corrected chi connectivity index (χ4v) is 1.65. The van der Waals surface area contributed by atoms with Gasteiger partial charge in [-0.25, -0.2) is 0 Å². The standard InChI is InChI=1S/C12H24N2O3.CH4/c1-8(2)11(14)10(15)7-9(12(16)17)5-3-4-6-13;/h8-9,11H,3-7,13-14H2,1-2H3,(H,16,17);1H4/p+2.